The Morgan fingerprint density at radius 2 is 1.93 bits per heavy atom. The molecule has 1 aliphatic rings. The number of amides is 1. The fourth-order valence-electron chi connectivity index (χ4n) is 4.03. The number of aryl methyl sites for hydroxylation is 3. The van der Waals surface area contributed by atoms with Gasteiger partial charge in [0.2, 0.25) is 0 Å². The van der Waals surface area contributed by atoms with Crippen molar-refractivity contribution in [1.29, 1.82) is 0 Å². The lowest BCUT2D eigenvalue weighted by molar-refractivity contribution is 0.0685. The van der Waals surface area contributed by atoms with Gasteiger partial charge < -0.3 is 4.90 Å². The van der Waals surface area contributed by atoms with Crippen LogP contribution in [-0.2, 0) is 7.05 Å². The molecule has 1 amide bonds. The fourth-order valence-corrected chi connectivity index (χ4v) is 4.03. The average Bonchev–Trinajstić information content (AvgIpc) is 2.95. The normalized spacial score (nSPS) is 17.5. The summed E-state index contributed by atoms with van der Waals surface area (Å²) in [6.45, 7) is 7.88. The Labute approximate surface area is 160 Å². The van der Waals surface area contributed by atoms with E-state index in [1.807, 2.05) is 24.9 Å². The molecule has 1 atom stereocenters. The molecule has 3 aromatic rings. The molecule has 1 unspecified atom stereocenters. The van der Waals surface area contributed by atoms with Crippen molar-refractivity contribution in [3.63, 3.8) is 0 Å². The Bertz CT molecular complexity index is 1000. The molecule has 1 aromatic carbocycles. The van der Waals surface area contributed by atoms with Gasteiger partial charge in [-0.2, -0.15) is 5.10 Å². The highest BCUT2D eigenvalue weighted by molar-refractivity contribution is 6.07. The Hall–Kier alpha value is -2.69. The summed E-state index contributed by atoms with van der Waals surface area (Å²) in [6, 6.07) is 10.2. The van der Waals surface area contributed by atoms with Gasteiger partial charge in [-0.05, 0) is 38.7 Å². The van der Waals surface area contributed by atoms with E-state index in [1.165, 1.54) is 12.0 Å². The van der Waals surface area contributed by atoms with Gasteiger partial charge >= 0.3 is 0 Å². The quantitative estimate of drug-likeness (QED) is 0.689. The van der Waals surface area contributed by atoms with E-state index in [2.05, 4.69) is 43.2 Å². The lowest BCUT2D eigenvalue weighted by Gasteiger charge is -2.31. The number of carbonyl (C=O) groups excluding carboxylic acids is 1. The van der Waals surface area contributed by atoms with Crippen LogP contribution in [0.1, 0.15) is 41.4 Å². The maximum absolute atomic E-state index is 13.4. The van der Waals surface area contributed by atoms with Gasteiger partial charge in [0, 0.05) is 25.7 Å². The van der Waals surface area contributed by atoms with Gasteiger partial charge in [-0.15, -0.1) is 0 Å². The van der Waals surface area contributed by atoms with Crippen molar-refractivity contribution in [3.05, 3.63) is 47.2 Å². The third kappa shape index (κ3) is 3.22. The zero-order valence-corrected chi connectivity index (χ0v) is 16.5. The van der Waals surface area contributed by atoms with E-state index in [0.717, 1.165) is 53.1 Å². The molecule has 5 nitrogen and oxygen atoms in total. The Morgan fingerprint density at radius 1 is 1.19 bits per heavy atom. The second-order valence-corrected chi connectivity index (χ2v) is 7.83. The molecule has 1 fully saturated rings. The highest BCUT2D eigenvalue weighted by Crippen LogP contribution is 2.29. The van der Waals surface area contributed by atoms with Crippen LogP contribution in [0.4, 0.5) is 0 Å². The van der Waals surface area contributed by atoms with Crippen LogP contribution >= 0.6 is 0 Å². The molecular weight excluding hydrogens is 336 g/mol. The molecule has 2 aromatic heterocycles. The second-order valence-electron chi connectivity index (χ2n) is 7.83. The van der Waals surface area contributed by atoms with E-state index in [-0.39, 0.29) is 5.91 Å². The minimum absolute atomic E-state index is 0.0958. The largest absolute Gasteiger partial charge is 0.338 e. The number of pyridine rings is 1. The molecule has 0 N–H and O–H groups in total. The zero-order valence-electron chi connectivity index (χ0n) is 16.5. The minimum Gasteiger partial charge on any atom is -0.338 e. The predicted molar refractivity (Wildman–Crippen MR) is 108 cm³/mol. The standard InChI is InChI=1S/C22H26N4O/c1-14-7-9-17(10-8-14)19-12-18(20-16(3)24-25(4)21(20)23-19)22(27)26-11-5-6-15(2)13-26/h7-10,12,15H,5-6,11,13H2,1-4H3. The van der Waals surface area contributed by atoms with Crippen LogP contribution in [0.5, 0.6) is 0 Å². The van der Waals surface area contributed by atoms with Crippen LogP contribution in [0.25, 0.3) is 22.3 Å². The summed E-state index contributed by atoms with van der Waals surface area (Å²) in [5.74, 6) is 0.644. The summed E-state index contributed by atoms with van der Waals surface area (Å²) in [5.41, 5.74) is 5.37. The topological polar surface area (TPSA) is 51.0 Å². The molecule has 0 aliphatic carbocycles. The first-order valence-electron chi connectivity index (χ1n) is 9.64. The molecule has 0 radical (unpaired) electrons. The molecule has 1 saturated heterocycles. The fraction of sp³-hybridized carbons (Fsp3) is 0.409. The van der Waals surface area contributed by atoms with E-state index in [0.29, 0.717) is 5.92 Å². The van der Waals surface area contributed by atoms with Gasteiger partial charge in [-0.1, -0.05) is 36.8 Å². The second kappa shape index (κ2) is 6.80. The van der Waals surface area contributed by atoms with Crippen molar-refractivity contribution in [3.8, 4) is 11.3 Å². The van der Waals surface area contributed by atoms with Gasteiger partial charge in [0.05, 0.1) is 22.3 Å². The Kier molecular flexibility index (Phi) is 4.46. The van der Waals surface area contributed by atoms with E-state index >= 15 is 0 Å². The van der Waals surface area contributed by atoms with E-state index < -0.39 is 0 Å². The van der Waals surface area contributed by atoms with Crippen LogP contribution in [0, 0.1) is 19.8 Å². The summed E-state index contributed by atoms with van der Waals surface area (Å²) in [7, 11) is 1.89. The van der Waals surface area contributed by atoms with Crippen molar-refractivity contribution >= 4 is 16.9 Å². The number of rotatable bonds is 2. The van der Waals surface area contributed by atoms with Crippen molar-refractivity contribution in [2.24, 2.45) is 13.0 Å². The number of fused-ring (bicyclic) bond motifs is 1. The summed E-state index contributed by atoms with van der Waals surface area (Å²) in [5, 5.41) is 5.40. The highest BCUT2D eigenvalue weighted by atomic mass is 16.2. The predicted octanol–water partition coefficient (Wildman–Crippen LogP) is 4.12. The van der Waals surface area contributed by atoms with Crippen LogP contribution in [0.15, 0.2) is 30.3 Å². The molecule has 1 aliphatic heterocycles. The van der Waals surface area contributed by atoms with Crippen molar-refractivity contribution in [1.82, 2.24) is 19.7 Å². The van der Waals surface area contributed by atoms with Gasteiger partial charge in [0.1, 0.15) is 0 Å². The first kappa shape index (κ1) is 17.7. The van der Waals surface area contributed by atoms with E-state index in [1.54, 1.807) is 4.68 Å². The maximum atomic E-state index is 13.4. The number of benzene rings is 1. The smallest absolute Gasteiger partial charge is 0.254 e. The number of hydrogen-bond acceptors (Lipinski definition) is 3. The third-order valence-electron chi connectivity index (χ3n) is 5.49. The summed E-state index contributed by atoms with van der Waals surface area (Å²) in [4.78, 5) is 20.2. The van der Waals surface area contributed by atoms with Gasteiger partial charge in [0.25, 0.3) is 5.91 Å². The number of piperidine rings is 1. The van der Waals surface area contributed by atoms with Gasteiger partial charge in [-0.3, -0.25) is 9.48 Å². The zero-order chi connectivity index (χ0) is 19.1. The molecule has 140 valence electrons. The first-order valence-corrected chi connectivity index (χ1v) is 9.64. The molecule has 3 heterocycles. The molecule has 0 spiro atoms. The number of aromatic nitrogens is 3. The lowest BCUT2D eigenvalue weighted by Crippen LogP contribution is -2.39. The molecule has 4 rings (SSSR count). The van der Waals surface area contributed by atoms with Crippen LogP contribution in [0.3, 0.4) is 0 Å². The van der Waals surface area contributed by atoms with Crippen LogP contribution < -0.4 is 0 Å². The molecule has 0 bridgehead atoms. The lowest BCUT2D eigenvalue weighted by atomic mass is 9.98. The molecule has 0 saturated carbocycles. The first-order chi connectivity index (χ1) is 12.9. The number of likely N-dealkylation sites (tertiary alicyclic amines) is 1. The molecule has 27 heavy (non-hydrogen) atoms. The summed E-state index contributed by atoms with van der Waals surface area (Å²) in [6.07, 6.45) is 2.26. The summed E-state index contributed by atoms with van der Waals surface area (Å²) >= 11 is 0. The van der Waals surface area contributed by atoms with Crippen LogP contribution in [-0.4, -0.2) is 38.7 Å². The van der Waals surface area contributed by atoms with Crippen LogP contribution in [0.2, 0.25) is 0 Å². The summed E-state index contributed by atoms with van der Waals surface area (Å²) < 4.78 is 1.78. The monoisotopic (exact) mass is 362 g/mol. The Balaban J connectivity index is 1.87. The van der Waals surface area contributed by atoms with E-state index in [4.69, 9.17) is 4.98 Å². The van der Waals surface area contributed by atoms with Gasteiger partial charge in [-0.25, -0.2) is 4.98 Å². The SMILES string of the molecule is Cc1ccc(-c2cc(C(=O)N3CCCC(C)C3)c3c(C)nn(C)c3n2)cc1. The number of carbonyl (C=O) groups is 1. The highest BCUT2D eigenvalue weighted by Gasteiger charge is 2.26. The average molecular weight is 362 g/mol. The van der Waals surface area contributed by atoms with Crippen molar-refractivity contribution < 1.29 is 4.79 Å². The van der Waals surface area contributed by atoms with E-state index in [9.17, 15) is 4.79 Å². The molecule has 5 heteroatoms. The molecular formula is C22H26N4O. The maximum Gasteiger partial charge on any atom is 0.254 e. The van der Waals surface area contributed by atoms with Crippen molar-refractivity contribution in [2.75, 3.05) is 13.1 Å². The third-order valence-corrected chi connectivity index (χ3v) is 5.49. The Morgan fingerprint density at radius 3 is 2.63 bits per heavy atom. The van der Waals surface area contributed by atoms with Crippen molar-refractivity contribution in [2.45, 2.75) is 33.6 Å². The number of hydrogen-bond donors (Lipinski definition) is 0. The number of nitrogens with zero attached hydrogens (tertiary/aromatic N) is 4. The minimum atomic E-state index is 0.0958. The van der Waals surface area contributed by atoms with Gasteiger partial charge in [0.15, 0.2) is 5.65 Å².